The first kappa shape index (κ1) is 13.8. The maximum Gasteiger partial charge on any atom is 0.0620 e. The second-order valence-electron chi connectivity index (χ2n) is 4.68. The lowest BCUT2D eigenvalue weighted by Crippen LogP contribution is -2.03. The summed E-state index contributed by atoms with van der Waals surface area (Å²) >= 11 is 0. The van der Waals surface area contributed by atoms with Crippen molar-refractivity contribution in [3.05, 3.63) is 59.7 Å². The lowest BCUT2D eigenvalue weighted by atomic mass is 10.1. The first-order chi connectivity index (χ1) is 9.16. The highest BCUT2D eigenvalue weighted by atomic mass is 32.2. The molecular formula is C16H19NOS. The molecule has 100 valence electrons. The van der Waals surface area contributed by atoms with Gasteiger partial charge in [0.05, 0.1) is 15.7 Å². The van der Waals surface area contributed by atoms with E-state index in [-0.39, 0.29) is 0 Å². The third kappa shape index (κ3) is 3.93. The molecule has 0 amide bonds. The van der Waals surface area contributed by atoms with Crippen LogP contribution in [0.5, 0.6) is 0 Å². The van der Waals surface area contributed by atoms with Gasteiger partial charge >= 0.3 is 0 Å². The zero-order chi connectivity index (χ0) is 13.7. The number of nitrogens with two attached hydrogens (primary N) is 1. The first-order valence-electron chi connectivity index (χ1n) is 6.45. The average molecular weight is 273 g/mol. The minimum atomic E-state index is -1.00. The van der Waals surface area contributed by atoms with Crippen molar-refractivity contribution >= 4 is 16.5 Å². The van der Waals surface area contributed by atoms with E-state index in [1.807, 2.05) is 43.3 Å². The molecule has 1 atom stereocenters. The Labute approximate surface area is 117 Å². The fourth-order valence-corrected chi connectivity index (χ4v) is 3.28. The number of hydrogen-bond donors (Lipinski definition) is 1. The van der Waals surface area contributed by atoms with Gasteiger partial charge in [-0.1, -0.05) is 36.4 Å². The molecule has 0 bridgehead atoms. The molecule has 2 nitrogen and oxygen atoms in total. The largest absolute Gasteiger partial charge is 0.398 e. The molecule has 1 unspecified atom stereocenters. The summed E-state index contributed by atoms with van der Waals surface area (Å²) in [6.07, 6.45) is 1.86. The van der Waals surface area contributed by atoms with Crippen LogP contribution in [0.25, 0.3) is 0 Å². The molecule has 19 heavy (non-hydrogen) atoms. The quantitative estimate of drug-likeness (QED) is 0.849. The maximum atomic E-state index is 12.2. The molecule has 0 fully saturated rings. The Morgan fingerprint density at radius 2 is 1.84 bits per heavy atom. The van der Waals surface area contributed by atoms with Crippen molar-refractivity contribution in [1.29, 1.82) is 0 Å². The summed E-state index contributed by atoms with van der Waals surface area (Å²) < 4.78 is 12.2. The predicted molar refractivity (Wildman–Crippen MR) is 81.6 cm³/mol. The molecule has 2 N–H and O–H groups in total. The summed E-state index contributed by atoms with van der Waals surface area (Å²) in [4.78, 5) is 0.771. The second kappa shape index (κ2) is 6.53. The van der Waals surface area contributed by atoms with E-state index in [2.05, 4.69) is 12.1 Å². The fraction of sp³-hybridized carbons (Fsp3) is 0.250. The van der Waals surface area contributed by atoms with Gasteiger partial charge in [0.25, 0.3) is 0 Å². The number of aryl methyl sites for hydroxylation is 2. The van der Waals surface area contributed by atoms with Crippen LogP contribution in [-0.4, -0.2) is 9.96 Å². The van der Waals surface area contributed by atoms with E-state index in [0.29, 0.717) is 11.4 Å². The van der Waals surface area contributed by atoms with Crippen molar-refractivity contribution in [3.63, 3.8) is 0 Å². The predicted octanol–water partition coefficient (Wildman–Crippen LogP) is 3.32. The van der Waals surface area contributed by atoms with E-state index in [4.69, 9.17) is 5.73 Å². The summed E-state index contributed by atoms with van der Waals surface area (Å²) in [5.41, 5.74) is 8.89. The Morgan fingerprint density at radius 3 is 2.58 bits per heavy atom. The van der Waals surface area contributed by atoms with Crippen LogP contribution in [0.4, 0.5) is 5.69 Å². The van der Waals surface area contributed by atoms with Gasteiger partial charge in [0.2, 0.25) is 0 Å². The van der Waals surface area contributed by atoms with Gasteiger partial charge in [-0.25, -0.2) is 0 Å². The minimum absolute atomic E-state index is 0.628. The summed E-state index contributed by atoms with van der Waals surface area (Å²) in [5, 5.41) is 0. The smallest absolute Gasteiger partial charge is 0.0620 e. The molecule has 0 aliphatic rings. The van der Waals surface area contributed by atoms with E-state index in [1.165, 1.54) is 5.56 Å². The van der Waals surface area contributed by atoms with Crippen LogP contribution in [0.2, 0.25) is 0 Å². The lowest BCUT2D eigenvalue weighted by Gasteiger charge is -2.07. The summed E-state index contributed by atoms with van der Waals surface area (Å²) in [7, 11) is -1.00. The van der Waals surface area contributed by atoms with Crippen LogP contribution >= 0.6 is 0 Å². The number of anilines is 1. The van der Waals surface area contributed by atoms with Crippen LogP contribution in [-0.2, 0) is 17.2 Å². The minimum Gasteiger partial charge on any atom is -0.398 e. The Morgan fingerprint density at radius 1 is 1.11 bits per heavy atom. The second-order valence-corrected chi connectivity index (χ2v) is 6.22. The summed E-state index contributed by atoms with van der Waals surface area (Å²) in [5.74, 6) is 0.655. The van der Waals surface area contributed by atoms with Crippen LogP contribution < -0.4 is 5.73 Å². The van der Waals surface area contributed by atoms with Gasteiger partial charge in [-0.2, -0.15) is 0 Å². The molecule has 0 aliphatic carbocycles. The molecule has 0 heterocycles. The molecule has 0 saturated heterocycles. The van der Waals surface area contributed by atoms with Crippen molar-refractivity contribution in [3.8, 4) is 0 Å². The third-order valence-corrected chi connectivity index (χ3v) is 4.56. The molecule has 0 aliphatic heterocycles. The zero-order valence-corrected chi connectivity index (χ0v) is 12.0. The van der Waals surface area contributed by atoms with Gasteiger partial charge in [-0.3, -0.25) is 4.21 Å². The fourth-order valence-electron chi connectivity index (χ4n) is 2.00. The van der Waals surface area contributed by atoms with Gasteiger partial charge in [-0.05, 0) is 43.0 Å². The van der Waals surface area contributed by atoms with Crippen molar-refractivity contribution in [2.75, 3.05) is 11.5 Å². The van der Waals surface area contributed by atoms with Gasteiger partial charge in [0.15, 0.2) is 0 Å². The molecule has 3 heteroatoms. The normalized spacial score (nSPS) is 12.3. The van der Waals surface area contributed by atoms with Gasteiger partial charge in [-0.15, -0.1) is 0 Å². The SMILES string of the molecule is Cc1ccc(N)c(S(=O)CCCc2ccccc2)c1. The third-order valence-electron chi connectivity index (χ3n) is 3.05. The van der Waals surface area contributed by atoms with Crippen molar-refractivity contribution in [1.82, 2.24) is 0 Å². The van der Waals surface area contributed by atoms with Crippen LogP contribution in [0.15, 0.2) is 53.4 Å². The summed E-state index contributed by atoms with van der Waals surface area (Å²) in [6.45, 7) is 1.99. The number of benzene rings is 2. The highest BCUT2D eigenvalue weighted by molar-refractivity contribution is 7.85. The first-order valence-corrected chi connectivity index (χ1v) is 7.77. The van der Waals surface area contributed by atoms with Crippen LogP contribution in [0, 0.1) is 6.92 Å². The Balaban J connectivity index is 1.93. The molecule has 2 rings (SSSR count). The topological polar surface area (TPSA) is 43.1 Å². The zero-order valence-electron chi connectivity index (χ0n) is 11.1. The number of nitrogen functional groups attached to an aromatic ring is 1. The molecule has 0 radical (unpaired) electrons. The van der Waals surface area contributed by atoms with E-state index in [9.17, 15) is 4.21 Å². The highest BCUT2D eigenvalue weighted by Crippen LogP contribution is 2.19. The molecule has 0 saturated carbocycles. The van der Waals surface area contributed by atoms with Crippen molar-refractivity contribution in [2.24, 2.45) is 0 Å². The monoisotopic (exact) mass is 273 g/mol. The average Bonchev–Trinajstić information content (AvgIpc) is 2.42. The molecule has 2 aromatic carbocycles. The molecule has 2 aromatic rings. The number of rotatable bonds is 5. The van der Waals surface area contributed by atoms with Gasteiger partial charge in [0.1, 0.15) is 0 Å². The van der Waals surface area contributed by atoms with E-state index < -0.39 is 10.8 Å². The lowest BCUT2D eigenvalue weighted by molar-refractivity contribution is 0.680. The maximum absolute atomic E-state index is 12.2. The van der Waals surface area contributed by atoms with E-state index in [1.54, 1.807) is 0 Å². The molecule has 0 spiro atoms. The van der Waals surface area contributed by atoms with Crippen molar-refractivity contribution in [2.45, 2.75) is 24.7 Å². The van der Waals surface area contributed by atoms with E-state index in [0.717, 1.165) is 23.3 Å². The molecular weight excluding hydrogens is 254 g/mol. The number of hydrogen-bond acceptors (Lipinski definition) is 2. The summed E-state index contributed by atoms with van der Waals surface area (Å²) in [6, 6.07) is 16.0. The van der Waals surface area contributed by atoms with Gasteiger partial charge < -0.3 is 5.73 Å². The molecule has 0 aromatic heterocycles. The standard InChI is InChI=1S/C16H19NOS/c1-13-9-10-15(17)16(12-13)19(18)11-5-8-14-6-3-2-4-7-14/h2-4,6-7,9-10,12H,5,8,11,17H2,1H3. The highest BCUT2D eigenvalue weighted by Gasteiger charge is 2.08. The Hall–Kier alpha value is -1.61. The Kier molecular flexibility index (Phi) is 4.74. The van der Waals surface area contributed by atoms with Crippen molar-refractivity contribution < 1.29 is 4.21 Å². The Bertz CT molecular complexity index is 566. The van der Waals surface area contributed by atoms with Gasteiger partial charge in [0, 0.05) is 11.4 Å². The van der Waals surface area contributed by atoms with E-state index >= 15 is 0 Å². The van der Waals surface area contributed by atoms with Crippen LogP contribution in [0.1, 0.15) is 17.5 Å². The van der Waals surface area contributed by atoms with Crippen LogP contribution in [0.3, 0.4) is 0 Å².